The van der Waals surface area contributed by atoms with Crippen molar-refractivity contribution in [2.75, 3.05) is 44.2 Å². The van der Waals surface area contributed by atoms with E-state index < -0.39 is 9.84 Å². The summed E-state index contributed by atoms with van der Waals surface area (Å²) in [6.45, 7) is 10.6. The van der Waals surface area contributed by atoms with E-state index in [1.54, 1.807) is 24.3 Å². The molecule has 1 aliphatic heterocycles. The first-order chi connectivity index (χ1) is 15.4. The van der Waals surface area contributed by atoms with Gasteiger partial charge < -0.3 is 19.0 Å². The number of benzene rings is 2. The van der Waals surface area contributed by atoms with Gasteiger partial charge in [-0.05, 0) is 56.8 Å². The van der Waals surface area contributed by atoms with E-state index in [4.69, 9.17) is 9.15 Å². The first kappa shape index (κ1) is 22.4. The molecule has 8 heteroatoms. The maximum Gasteiger partial charge on any atom is 0.236 e. The third-order valence-corrected chi connectivity index (χ3v) is 7.35. The number of nitrogens with zero attached hydrogens (tertiary/aromatic N) is 3. The number of sulfone groups is 1. The number of hydrogen-bond donors (Lipinski definition) is 0. The summed E-state index contributed by atoms with van der Waals surface area (Å²) in [6.07, 6.45) is 0. The topological polar surface area (TPSA) is 75.9 Å². The lowest BCUT2D eigenvalue weighted by atomic mass is 10.2. The van der Waals surface area contributed by atoms with Gasteiger partial charge in [-0.15, -0.1) is 0 Å². The molecule has 1 fully saturated rings. The van der Waals surface area contributed by atoms with Gasteiger partial charge >= 0.3 is 0 Å². The van der Waals surface area contributed by atoms with E-state index in [9.17, 15) is 8.42 Å². The van der Waals surface area contributed by atoms with Crippen LogP contribution in [-0.2, 0) is 9.84 Å². The van der Waals surface area contributed by atoms with Gasteiger partial charge in [-0.2, -0.15) is 4.98 Å². The van der Waals surface area contributed by atoms with Gasteiger partial charge in [0.2, 0.25) is 26.6 Å². The second kappa shape index (κ2) is 9.34. The number of aromatic nitrogens is 1. The van der Waals surface area contributed by atoms with Crippen LogP contribution in [0.2, 0.25) is 0 Å². The van der Waals surface area contributed by atoms with Crippen molar-refractivity contribution in [1.82, 2.24) is 9.88 Å². The van der Waals surface area contributed by atoms with Gasteiger partial charge in [-0.3, -0.25) is 0 Å². The summed E-state index contributed by atoms with van der Waals surface area (Å²) in [4.78, 5) is 9.01. The first-order valence-corrected chi connectivity index (χ1v) is 12.4. The Morgan fingerprint density at radius 1 is 0.969 bits per heavy atom. The maximum atomic E-state index is 13.5. The highest BCUT2D eigenvalue weighted by atomic mass is 32.2. The second-order valence-corrected chi connectivity index (χ2v) is 9.69. The van der Waals surface area contributed by atoms with Crippen molar-refractivity contribution in [3.63, 3.8) is 0 Å². The number of oxazole rings is 1. The van der Waals surface area contributed by atoms with Gasteiger partial charge in [0.15, 0.2) is 0 Å². The third kappa shape index (κ3) is 4.52. The van der Waals surface area contributed by atoms with Crippen molar-refractivity contribution in [1.29, 1.82) is 0 Å². The predicted molar refractivity (Wildman–Crippen MR) is 124 cm³/mol. The smallest absolute Gasteiger partial charge is 0.236 e. The average molecular weight is 456 g/mol. The van der Waals surface area contributed by atoms with Gasteiger partial charge in [0.1, 0.15) is 5.75 Å². The Bertz CT molecular complexity index is 1150. The van der Waals surface area contributed by atoms with Gasteiger partial charge in [0.05, 0.1) is 11.5 Å². The van der Waals surface area contributed by atoms with E-state index in [1.165, 1.54) is 0 Å². The maximum absolute atomic E-state index is 13.5. The summed E-state index contributed by atoms with van der Waals surface area (Å²) in [5.41, 5.74) is 1.70. The lowest BCUT2D eigenvalue weighted by molar-refractivity contribution is 0.266. The van der Waals surface area contributed by atoms with E-state index in [1.807, 2.05) is 43.0 Å². The molecule has 1 aliphatic rings. The summed E-state index contributed by atoms with van der Waals surface area (Å²) in [5, 5.41) is -0.0322. The van der Waals surface area contributed by atoms with Crippen LogP contribution in [0.3, 0.4) is 0 Å². The van der Waals surface area contributed by atoms with Gasteiger partial charge in [0, 0.05) is 31.7 Å². The van der Waals surface area contributed by atoms with Crippen LogP contribution in [0.25, 0.3) is 11.5 Å². The second-order valence-electron chi connectivity index (χ2n) is 7.82. The van der Waals surface area contributed by atoms with Crippen LogP contribution in [0.1, 0.15) is 19.4 Å². The summed E-state index contributed by atoms with van der Waals surface area (Å²) in [5.74, 6) is 1.34. The van der Waals surface area contributed by atoms with Crippen LogP contribution in [-0.4, -0.2) is 57.6 Å². The Morgan fingerprint density at radius 3 is 2.22 bits per heavy atom. The molecule has 3 aromatic rings. The SMILES string of the molecule is CCOc1ccc(-c2nc(S(=O)(=O)c3ccc(C)cc3)c(N3CCN(CC)CC3)o2)cc1. The monoisotopic (exact) mass is 455 g/mol. The first-order valence-electron chi connectivity index (χ1n) is 11.0. The fourth-order valence-corrected chi connectivity index (χ4v) is 5.07. The fourth-order valence-electron chi connectivity index (χ4n) is 3.75. The van der Waals surface area contributed by atoms with Gasteiger partial charge in [0.25, 0.3) is 0 Å². The van der Waals surface area contributed by atoms with Crippen LogP contribution in [0.5, 0.6) is 5.75 Å². The number of likely N-dealkylation sites (N-methyl/N-ethyl adjacent to an activating group) is 1. The number of ether oxygens (including phenoxy) is 1. The molecular formula is C24H29N3O4S. The summed E-state index contributed by atoms with van der Waals surface area (Å²) in [7, 11) is -3.84. The van der Waals surface area contributed by atoms with E-state index in [2.05, 4.69) is 16.8 Å². The molecule has 0 N–H and O–H groups in total. The van der Waals surface area contributed by atoms with Crippen molar-refractivity contribution in [3.05, 3.63) is 54.1 Å². The number of aryl methyl sites for hydroxylation is 1. The minimum atomic E-state index is -3.84. The average Bonchev–Trinajstić information content (AvgIpc) is 3.27. The third-order valence-electron chi connectivity index (χ3n) is 5.68. The zero-order valence-electron chi connectivity index (χ0n) is 18.7. The number of rotatable bonds is 7. The van der Waals surface area contributed by atoms with Crippen molar-refractivity contribution in [3.8, 4) is 17.2 Å². The molecular weight excluding hydrogens is 426 g/mol. The lowest BCUT2D eigenvalue weighted by Gasteiger charge is -2.33. The molecule has 32 heavy (non-hydrogen) atoms. The normalized spacial score (nSPS) is 15.2. The summed E-state index contributed by atoms with van der Waals surface area (Å²) in [6, 6.07) is 14.1. The van der Waals surface area contributed by atoms with E-state index in [0.29, 0.717) is 31.1 Å². The Kier molecular flexibility index (Phi) is 6.53. The Hall–Kier alpha value is -2.84. The highest BCUT2D eigenvalue weighted by molar-refractivity contribution is 7.91. The van der Waals surface area contributed by atoms with Crippen LogP contribution in [0.15, 0.2) is 62.9 Å². The van der Waals surface area contributed by atoms with Gasteiger partial charge in [-0.1, -0.05) is 24.6 Å². The van der Waals surface area contributed by atoms with Gasteiger partial charge in [-0.25, -0.2) is 8.42 Å². The minimum absolute atomic E-state index is 0.0322. The molecule has 0 radical (unpaired) electrons. The van der Waals surface area contributed by atoms with Crippen LogP contribution in [0, 0.1) is 6.92 Å². The molecule has 0 amide bonds. The zero-order chi connectivity index (χ0) is 22.7. The molecule has 1 aromatic heterocycles. The van der Waals surface area contributed by atoms with E-state index in [-0.39, 0.29) is 15.8 Å². The van der Waals surface area contributed by atoms with Crippen LogP contribution < -0.4 is 9.64 Å². The standard InChI is InChI=1S/C24H29N3O4S/c1-4-26-14-16-27(17-15-26)24-23(32(28,29)21-12-6-18(3)7-13-21)25-22(31-24)19-8-10-20(11-9-19)30-5-2/h6-13H,4-5,14-17H2,1-3H3. The highest BCUT2D eigenvalue weighted by Gasteiger charge is 2.32. The predicted octanol–water partition coefficient (Wildman–Crippen LogP) is 4.02. The summed E-state index contributed by atoms with van der Waals surface area (Å²) < 4.78 is 38.7. The molecule has 1 saturated heterocycles. The number of piperazine rings is 1. The zero-order valence-corrected chi connectivity index (χ0v) is 19.6. The van der Waals surface area contributed by atoms with Crippen molar-refractivity contribution in [2.24, 2.45) is 0 Å². The van der Waals surface area contributed by atoms with Crippen molar-refractivity contribution >= 4 is 15.7 Å². The van der Waals surface area contributed by atoms with Crippen molar-refractivity contribution in [2.45, 2.75) is 30.7 Å². The molecule has 4 rings (SSSR count). The quantitative estimate of drug-likeness (QED) is 0.532. The van der Waals surface area contributed by atoms with Crippen molar-refractivity contribution < 1.29 is 17.6 Å². The number of hydrogen-bond acceptors (Lipinski definition) is 7. The molecule has 0 aliphatic carbocycles. The van der Waals surface area contributed by atoms with Crippen LogP contribution >= 0.6 is 0 Å². The summed E-state index contributed by atoms with van der Waals surface area (Å²) >= 11 is 0. The van der Waals surface area contributed by atoms with Crippen LogP contribution in [0.4, 0.5) is 5.88 Å². The molecule has 2 heterocycles. The molecule has 170 valence electrons. The molecule has 7 nitrogen and oxygen atoms in total. The highest BCUT2D eigenvalue weighted by Crippen LogP contribution is 2.35. The lowest BCUT2D eigenvalue weighted by Crippen LogP contribution is -2.46. The van der Waals surface area contributed by atoms with E-state index in [0.717, 1.165) is 30.9 Å². The molecule has 0 spiro atoms. The number of anilines is 1. The molecule has 0 unspecified atom stereocenters. The Labute approximate surface area is 189 Å². The molecule has 0 bridgehead atoms. The fraction of sp³-hybridized carbons (Fsp3) is 0.375. The van der Waals surface area contributed by atoms with E-state index >= 15 is 0 Å². The largest absolute Gasteiger partial charge is 0.494 e. The molecule has 2 aromatic carbocycles. The Morgan fingerprint density at radius 2 is 1.62 bits per heavy atom. The minimum Gasteiger partial charge on any atom is -0.494 e. The molecule has 0 saturated carbocycles. The Balaban J connectivity index is 1.75. The molecule has 0 atom stereocenters.